The fourth-order valence-electron chi connectivity index (χ4n) is 1.97. The van der Waals surface area contributed by atoms with E-state index in [1.54, 1.807) is 61.8 Å². The van der Waals surface area contributed by atoms with E-state index in [1.807, 2.05) is 6.07 Å². The van der Waals surface area contributed by atoms with E-state index >= 15 is 0 Å². The van der Waals surface area contributed by atoms with Crippen LogP contribution in [0.15, 0.2) is 60.9 Å². The normalized spacial score (nSPS) is 11.3. The number of rotatable bonds is 4. The minimum absolute atomic E-state index is 0.236. The van der Waals surface area contributed by atoms with Crippen LogP contribution in [0.3, 0.4) is 0 Å². The third kappa shape index (κ3) is 2.84. The SMILES string of the molecule is Cc1cc(-c2cccnc2)nn1S(=O)(=O)Oc1ccccc1. The molecule has 0 aliphatic heterocycles. The summed E-state index contributed by atoms with van der Waals surface area (Å²) in [5.74, 6) is 0.236. The van der Waals surface area contributed by atoms with E-state index in [9.17, 15) is 8.42 Å². The molecule has 0 bridgehead atoms. The predicted molar refractivity (Wildman–Crippen MR) is 81.6 cm³/mol. The van der Waals surface area contributed by atoms with Crippen molar-refractivity contribution in [1.82, 2.24) is 14.2 Å². The van der Waals surface area contributed by atoms with Crippen molar-refractivity contribution in [2.45, 2.75) is 6.92 Å². The molecular formula is C15H13N3O3S. The Bertz CT molecular complexity index is 875. The molecule has 112 valence electrons. The number of nitrogens with zero attached hydrogens (tertiary/aromatic N) is 3. The molecule has 0 radical (unpaired) electrons. The van der Waals surface area contributed by atoms with Gasteiger partial charge in [-0.1, -0.05) is 18.2 Å². The Kier molecular flexibility index (Phi) is 3.64. The van der Waals surface area contributed by atoms with Crippen molar-refractivity contribution in [3.8, 4) is 17.0 Å². The van der Waals surface area contributed by atoms with Gasteiger partial charge in [0.2, 0.25) is 0 Å². The Morgan fingerprint density at radius 2 is 1.86 bits per heavy atom. The van der Waals surface area contributed by atoms with Crippen molar-refractivity contribution in [1.29, 1.82) is 0 Å². The van der Waals surface area contributed by atoms with Gasteiger partial charge < -0.3 is 4.18 Å². The van der Waals surface area contributed by atoms with Gasteiger partial charge in [-0.25, -0.2) is 0 Å². The first-order valence-electron chi connectivity index (χ1n) is 6.53. The molecule has 0 saturated heterocycles. The molecule has 0 amide bonds. The Morgan fingerprint density at radius 1 is 1.09 bits per heavy atom. The number of aryl methyl sites for hydroxylation is 1. The van der Waals surface area contributed by atoms with Crippen LogP contribution in [0.25, 0.3) is 11.3 Å². The quantitative estimate of drug-likeness (QED) is 0.739. The predicted octanol–water partition coefficient (Wildman–Crippen LogP) is 2.43. The summed E-state index contributed by atoms with van der Waals surface area (Å²) in [5, 5.41) is 4.11. The minimum Gasteiger partial charge on any atom is -0.366 e. The maximum Gasteiger partial charge on any atom is 0.429 e. The largest absolute Gasteiger partial charge is 0.429 e. The van der Waals surface area contributed by atoms with Gasteiger partial charge in [-0.15, -0.1) is 4.09 Å². The Balaban J connectivity index is 1.96. The molecule has 3 aromatic rings. The number of benzene rings is 1. The highest BCUT2D eigenvalue weighted by atomic mass is 32.2. The van der Waals surface area contributed by atoms with E-state index < -0.39 is 10.3 Å². The van der Waals surface area contributed by atoms with Crippen molar-refractivity contribution in [2.75, 3.05) is 0 Å². The molecule has 0 aliphatic carbocycles. The molecule has 0 spiro atoms. The lowest BCUT2D eigenvalue weighted by atomic mass is 10.2. The fraction of sp³-hybridized carbons (Fsp3) is 0.0667. The van der Waals surface area contributed by atoms with Crippen molar-refractivity contribution < 1.29 is 12.6 Å². The molecule has 0 saturated carbocycles. The fourth-order valence-corrected chi connectivity index (χ4v) is 2.99. The molecule has 0 N–H and O–H groups in total. The Morgan fingerprint density at radius 3 is 2.55 bits per heavy atom. The van der Waals surface area contributed by atoms with Crippen LogP contribution in [0.2, 0.25) is 0 Å². The summed E-state index contributed by atoms with van der Waals surface area (Å²) in [6.07, 6.45) is 3.26. The maximum absolute atomic E-state index is 12.3. The van der Waals surface area contributed by atoms with Crippen LogP contribution in [0.5, 0.6) is 5.75 Å². The molecule has 0 unspecified atom stereocenters. The summed E-state index contributed by atoms with van der Waals surface area (Å²) in [6.45, 7) is 1.65. The van der Waals surface area contributed by atoms with Crippen LogP contribution < -0.4 is 4.18 Å². The molecule has 1 aromatic carbocycles. The zero-order chi connectivity index (χ0) is 15.6. The summed E-state index contributed by atoms with van der Waals surface area (Å²) in [7, 11) is -4.05. The van der Waals surface area contributed by atoms with Gasteiger partial charge >= 0.3 is 10.3 Å². The smallest absolute Gasteiger partial charge is 0.366 e. The van der Waals surface area contributed by atoms with Gasteiger partial charge in [0.05, 0.1) is 11.4 Å². The van der Waals surface area contributed by atoms with Crippen LogP contribution in [-0.2, 0) is 10.3 Å². The highest BCUT2D eigenvalue weighted by Gasteiger charge is 2.20. The van der Waals surface area contributed by atoms with Crippen LogP contribution >= 0.6 is 0 Å². The van der Waals surface area contributed by atoms with Crippen molar-refractivity contribution >= 4 is 10.3 Å². The van der Waals surface area contributed by atoms with Crippen LogP contribution in [0, 0.1) is 6.92 Å². The zero-order valence-electron chi connectivity index (χ0n) is 11.7. The second-order valence-corrected chi connectivity index (χ2v) is 5.98. The number of hydrogen-bond acceptors (Lipinski definition) is 5. The number of aromatic nitrogens is 3. The summed E-state index contributed by atoms with van der Waals surface area (Å²) in [6, 6.07) is 13.5. The molecule has 0 atom stereocenters. The summed E-state index contributed by atoms with van der Waals surface area (Å²) < 4.78 is 30.6. The van der Waals surface area contributed by atoms with E-state index in [4.69, 9.17) is 4.18 Å². The Hall–Kier alpha value is -2.67. The number of para-hydroxylation sites is 1. The lowest BCUT2D eigenvalue weighted by Gasteiger charge is -2.07. The first kappa shape index (κ1) is 14.3. The highest BCUT2D eigenvalue weighted by Crippen LogP contribution is 2.20. The average Bonchev–Trinajstić information content (AvgIpc) is 2.92. The van der Waals surface area contributed by atoms with E-state index in [1.165, 1.54) is 0 Å². The molecule has 2 aromatic heterocycles. The first-order valence-corrected chi connectivity index (χ1v) is 7.90. The second kappa shape index (κ2) is 5.61. The van der Waals surface area contributed by atoms with Crippen LogP contribution in [-0.4, -0.2) is 22.6 Å². The van der Waals surface area contributed by atoms with Crippen LogP contribution in [0.1, 0.15) is 5.69 Å². The summed E-state index contributed by atoms with van der Waals surface area (Å²) >= 11 is 0. The van der Waals surface area contributed by atoms with Gasteiger partial charge in [0.1, 0.15) is 5.75 Å². The maximum atomic E-state index is 12.3. The number of hydrogen-bond donors (Lipinski definition) is 0. The van der Waals surface area contributed by atoms with E-state index in [2.05, 4.69) is 10.1 Å². The molecule has 2 heterocycles. The monoisotopic (exact) mass is 315 g/mol. The highest BCUT2D eigenvalue weighted by molar-refractivity contribution is 7.85. The number of pyridine rings is 1. The third-order valence-electron chi connectivity index (χ3n) is 2.96. The van der Waals surface area contributed by atoms with Crippen molar-refractivity contribution in [3.63, 3.8) is 0 Å². The summed E-state index contributed by atoms with van der Waals surface area (Å²) in [4.78, 5) is 4.00. The zero-order valence-corrected chi connectivity index (χ0v) is 12.6. The molecule has 6 nitrogen and oxygen atoms in total. The molecule has 0 aliphatic rings. The lowest BCUT2D eigenvalue weighted by Crippen LogP contribution is -2.21. The van der Waals surface area contributed by atoms with Crippen LogP contribution in [0.4, 0.5) is 0 Å². The van der Waals surface area contributed by atoms with E-state index in [-0.39, 0.29) is 5.75 Å². The van der Waals surface area contributed by atoms with Crippen molar-refractivity contribution in [2.24, 2.45) is 0 Å². The summed E-state index contributed by atoms with van der Waals surface area (Å²) in [5.41, 5.74) is 1.71. The molecular weight excluding hydrogens is 302 g/mol. The molecule has 3 rings (SSSR count). The van der Waals surface area contributed by atoms with Gasteiger partial charge in [0, 0.05) is 18.0 Å². The second-order valence-electron chi connectivity index (χ2n) is 4.61. The lowest BCUT2D eigenvalue weighted by molar-refractivity contribution is 0.468. The topological polar surface area (TPSA) is 74.1 Å². The molecule has 7 heteroatoms. The molecule has 0 fully saturated rings. The molecule has 22 heavy (non-hydrogen) atoms. The van der Waals surface area contributed by atoms with Gasteiger partial charge in [-0.2, -0.15) is 13.5 Å². The van der Waals surface area contributed by atoms with Crippen molar-refractivity contribution in [3.05, 3.63) is 66.6 Å². The average molecular weight is 315 g/mol. The third-order valence-corrected chi connectivity index (χ3v) is 4.16. The van der Waals surface area contributed by atoms with Gasteiger partial charge in [0.25, 0.3) is 0 Å². The first-order chi connectivity index (χ1) is 10.6. The van der Waals surface area contributed by atoms with Gasteiger partial charge in [0.15, 0.2) is 0 Å². The standard InChI is InChI=1S/C15H13N3O3S/c1-12-10-15(13-6-5-9-16-11-13)17-18(12)22(19,20)21-14-7-3-2-4-8-14/h2-11H,1H3. The minimum atomic E-state index is -4.05. The Labute approximate surface area is 128 Å². The van der Waals surface area contributed by atoms with Gasteiger partial charge in [-0.3, -0.25) is 4.98 Å². The van der Waals surface area contributed by atoms with E-state index in [0.717, 1.165) is 9.65 Å². The van der Waals surface area contributed by atoms with Gasteiger partial charge in [-0.05, 0) is 37.3 Å². The van der Waals surface area contributed by atoms with E-state index in [0.29, 0.717) is 11.4 Å².